The third-order valence-electron chi connectivity index (χ3n) is 3.29. The molecule has 0 saturated heterocycles. The SMILES string of the molecule is CCOC(=O)[C@H]([C@@H](C)c1ccccc1)P(=O)(OCC)OCC. The lowest BCUT2D eigenvalue weighted by Crippen LogP contribution is -2.31. The number of rotatable bonds is 9. The van der Waals surface area contributed by atoms with Crippen LogP contribution in [0.4, 0.5) is 0 Å². The summed E-state index contributed by atoms with van der Waals surface area (Å²) >= 11 is 0. The Labute approximate surface area is 132 Å². The summed E-state index contributed by atoms with van der Waals surface area (Å²) in [5.74, 6) is -0.895. The molecule has 0 aliphatic rings. The predicted octanol–water partition coefficient (Wildman–Crippen LogP) is 3.99. The molecule has 1 aromatic carbocycles. The van der Waals surface area contributed by atoms with E-state index in [0.29, 0.717) is 0 Å². The Bertz CT molecular complexity index is 493. The van der Waals surface area contributed by atoms with Crippen molar-refractivity contribution in [2.75, 3.05) is 19.8 Å². The second-order valence-electron chi connectivity index (χ2n) is 4.77. The topological polar surface area (TPSA) is 61.8 Å². The highest BCUT2D eigenvalue weighted by molar-refractivity contribution is 7.55. The average molecular weight is 328 g/mol. The first-order valence-electron chi connectivity index (χ1n) is 7.60. The smallest absolute Gasteiger partial charge is 0.345 e. The number of hydrogen-bond acceptors (Lipinski definition) is 5. The van der Waals surface area contributed by atoms with Gasteiger partial charge in [-0.15, -0.1) is 0 Å². The summed E-state index contributed by atoms with van der Waals surface area (Å²) in [4.78, 5) is 12.4. The van der Waals surface area contributed by atoms with E-state index in [-0.39, 0.29) is 25.7 Å². The molecule has 0 N–H and O–H groups in total. The van der Waals surface area contributed by atoms with Gasteiger partial charge in [0.05, 0.1) is 19.8 Å². The standard InChI is InChI=1S/C16H25O5P/c1-5-19-16(17)15(22(18,20-6-2)21-7-3)13(4)14-11-9-8-10-12-14/h8-13,15H,5-7H2,1-4H3/t13-,15-/m0/s1. The van der Waals surface area contributed by atoms with Crippen molar-refractivity contribution >= 4 is 13.6 Å². The van der Waals surface area contributed by atoms with Crippen LogP contribution in [0.2, 0.25) is 0 Å². The lowest BCUT2D eigenvalue weighted by molar-refractivity contribution is -0.143. The van der Waals surface area contributed by atoms with Crippen LogP contribution < -0.4 is 0 Å². The molecule has 22 heavy (non-hydrogen) atoms. The fourth-order valence-corrected chi connectivity index (χ4v) is 4.50. The van der Waals surface area contributed by atoms with Gasteiger partial charge < -0.3 is 13.8 Å². The van der Waals surface area contributed by atoms with E-state index in [1.165, 1.54) is 0 Å². The van der Waals surface area contributed by atoms with E-state index in [1.807, 2.05) is 37.3 Å². The number of benzene rings is 1. The Kier molecular flexibility index (Phi) is 7.80. The van der Waals surface area contributed by atoms with Gasteiger partial charge in [0, 0.05) is 5.92 Å². The minimum atomic E-state index is -3.61. The van der Waals surface area contributed by atoms with E-state index in [9.17, 15) is 9.36 Å². The van der Waals surface area contributed by atoms with Crippen molar-refractivity contribution in [3.63, 3.8) is 0 Å². The van der Waals surface area contributed by atoms with Crippen LogP contribution in [0.25, 0.3) is 0 Å². The van der Waals surface area contributed by atoms with Crippen molar-refractivity contribution in [3.05, 3.63) is 35.9 Å². The van der Waals surface area contributed by atoms with Crippen molar-refractivity contribution in [1.82, 2.24) is 0 Å². The molecule has 0 fully saturated rings. The average Bonchev–Trinajstić information content (AvgIpc) is 2.49. The molecule has 0 saturated carbocycles. The van der Waals surface area contributed by atoms with Crippen molar-refractivity contribution in [2.24, 2.45) is 0 Å². The molecular formula is C16H25O5P. The first-order valence-corrected chi connectivity index (χ1v) is 9.21. The minimum absolute atomic E-state index is 0.203. The lowest BCUT2D eigenvalue weighted by atomic mass is 9.97. The summed E-state index contributed by atoms with van der Waals surface area (Å²) in [6.07, 6.45) is 0. The molecule has 0 bridgehead atoms. The van der Waals surface area contributed by atoms with Crippen molar-refractivity contribution in [3.8, 4) is 0 Å². The zero-order chi connectivity index (χ0) is 16.6. The van der Waals surface area contributed by atoms with E-state index in [1.54, 1.807) is 20.8 Å². The van der Waals surface area contributed by atoms with Crippen LogP contribution in [0, 0.1) is 0 Å². The van der Waals surface area contributed by atoms with Gasteiger partial charge in [-0.25, -0.2) is 0 Å². The second-order valence-corrected chi connectivity index (χ2v) is 6.92. The van der Waals surface area contributed by atoms with Crippen molar-refractivity contribution in [2.45, 2.75) is 39.3 Å². The number of esters is 1. The highest BCUT2D eigenvalue weighted by Crippen LogP contribution is 2.57. The highest BCUT2D eigenvalue weighted by Gasteiger charge is 2.46. The second kappa shape index (κ2) is 9.09. The Morgan fingerprint density at radius 2 is 1.59 bits per heavy atom. The van der Waals surface area contributed by atoms with Gasteiger partial charge in [-0.05, 0) is 26.3 Å². The van der Waals surface area contributed by atoms with E-state index in [4.69, 9.17) is 13.8 Å². The molecule has 6 heteroatoms. The largest absolute Gasteiger partial charge is 0.465 e. The Hall–Kier alpha value is -1.16. The molecular weight excluding hydrogens is 303 g/mol. The molecule has 0 amide bonds. The predicted molar refractivity (Wildman–Crippen MR) is 86.1 cm³/mol. The lowest BCUT2D eigenvalue weighted by Gasteiger charge is -2.29. The van der Waals surface area contributed by atoms with Crippen molar-refractivity contribution < 1.29 is 23.1 Å². The summed E-state index contributed by atoms with van der Waals surface area (Å²) < 4.78 is 29.0. The van der Waals surface area contributed by atoms with E-state index >= 15 is 0 Å². The van der Waals surface area contributed by atoms with Crippen LogP contribution in [-0.2, 0) is 23.1 Å². The van der Waals surface area contributed by atoms with Gasteiger partial charge in [-0.2, -0.15) is 0 Å². The molecule has 0 aliphatic carbocycles. The third kappa shape index (κ3) is 4.67. The van der Waals surface area contributed by atoms with Crippen LogP contribution in [0.1, 0.15) is 39.2 Å². The molecule has 0 aliphatic heterocycles. The molecule has 1 aromatic rings. The molecule has 0 radical (unpaired) electrons. The zero-order valence-corrected chi connectivity index (χ0v) is 14.5. The van der Waals surface area contributed by atoms with Crippen LogP contribution in [0.3, 0.4) is 0 Å². The van der Waals surface area contributed by atoms with Gasteiger partial charge in [0.15, 0.2) is 5.66 Å². The van der Waals surface area contributed by atoms with Crippen LogP contribution in [-0.4, -0.2) is 31.4 Å². The molecule has 0 unspecified atom stereocenters. The monoisotopic (exact) mass is 328 g/mol. The molecule has 0 aromatic heterocycles. The first-order chi connectivity index (χ1) is 10.5. The quantitative estimate of drug-likeness (QED) is 0.507. The molecule has 124 valence electrons. The summed E-state index contributed by atoms with van der Waals surface area (Å²) in [6.45, 7) is 7.62. The van der Waals surface area contributed by atoms with E-state index in [0.717, 1.165) is 5.56 Å². The number of carbonyl (C=O) groups is 1. The molecule has 0 spiro atoms. The first kappa shape index (κ1) is 18.9. The maximum Gasteiger partial charge on any atom is 0.345 e. The molecule has 1 rings (SSSR count). The Morgan fingerprint density at radius 1 is 1.05 bits per heavy atom. The number of carbonyl (C=O) groups excluding carboxylic acids is 1. The summed E-state index contributed by atoms with van der Waals surface area (Å²) in [6, 6.07) is 9.42. The normalized spacial score (nSPS) is 14.4. The minimum Gasteiger partial charge on any atom is -0.465 e. The summed E-state index contributed by atoms with van der Waals surface area (Å²) in [5.41, 5.74) is -0.0880. The van der Waals surface area contributed by atoms with Crippen LogP contribution in [0.15, 0.2) is 30.3 Å². The molecule has 2 atom stereocenters. The Balaban J connectivity index is 3.22. The number of hydrogen-bond donors (Lipinski definition) is 0. The van der Waals surface area contributed by atoms with Crippen LogP contribution in [0.5, 0.6) is 0 Å². The summed E-state index contributed by atoms with van der Waals surface area (Å²) in [7, 11) is -3.61. The van der Waals surface area contributed by atoms with E-state index < -0.39 is 19.2 Å². The van der Waals surface area contributed by atoms with E-state index in [2.05, 4.69) is 0 Å². The van der Waals surface area contributed by atoms with Gasteiger partial charge in [0.2, 0.25) is 0 Å². The highest BCUT2D eigenvalue weighted by atomic mass is 31.2. The summed E-state index contributed by atoms with van der Waals surface area (Å²) in [5, 5.41) is 0. The van der Waals surface area contributed by atoms with Gasteiger partial charge in [0.1, 0.15) is 0 Å². The molecule has 0 heterocycles. The van der Waals surface area contributed by atoms with Crippen LogP contribution >= 0.6 is 7.60 Å². The maximum absolute atomic E-state index is 13.1. The van der Waals surface area contributed by atoms with Gasteiger partial charge in [0.25, 0.3) is 0 Å². The zero-order valence-electron chi connectivity index (χ0n) is 13.7. The fourth-order valence-electron chi connectivity index (χ4n) is 2.33. The van der Waals surface area contributed by atoms with Crippen molar-refractivity contribution in [1.29, 1.82) is 0 Å². The fraction of sp³-hybridized carbons (Fsp3) is 0.562. The Morgan fingerprint density at radius 3 is 2.05 bits per heavy atom. The van der Waals surface area contributed by atoms with Gasteiger partial charge in [-0.1, -0.05) is 37.3 Å². The van der Waals surface area contributed by atoms with Gasteiger partial charge in [-0.3, -0.25) is 9.36 Å². The third-order valence-corrected chi connectivity index (χ3v) is 5.86. The van der Waals surface area contributed by atoms with Gasteiger partial charge >= 0.3 is 13.6 Å². The number of ether oxygens (including phenoxy) is 1. The molecule has 5 nitrogen and oxygen atoms in total. The maximum atomic E-state index is 13.1.